The van der Waals surface area contributed by atoms with Crippen LogP contribution in [0.4, 0.5) is 13.2 Å². The van der Waals surface area contributed by atoms with E-state index in [2.05, 4.69) is 10.3 Å². The average molecular weight is 503 g/mol. The van der Waals surface area contributed by atoms with Gasteiger partial charge < -0.3 is 10.1 Å². The number of aryl methyl sites for hydroxylation is 1. The minimum atomic E-state index is -4.64. The molecule has 1 aromatic rings. The lowest BCUT2D eigenvalue weighted by atomic mass is 9.70. The van der Waals surface area contributed by atoms with Crippen molar-refractivity contribution in [3.8, 4) is 5.88 Å². The lowest BCUT2D eigenvalue weighted by Crippen LogP contribution is -2.43. The van der Waals surface area contributed by atoms with Crippen molar-refractivity contribution in [3.63, 3.8) is 0 Å². The predicted molar refractivity (Wildman–Crippen MR) is 121 cm³/mol. The topological polar surface area (TPSA) is 85.4 Å². The Hall–Kier alpha value is -1.84. The summed E-state index contributed by atoms with van der Waals surface area (Å²) < 4.78 is 69.9. The first-order valence-corrected chi connectivity index (χ1v) is 13.8. The van der Waals surface area contributed by atoms with Gasteiger partial charge in [0.2, 0.25) is 5.88 Å². The molecule has 0 unspecified atom stereocenters. The summed E-state index contributed by atoms with van der Waals surface area (Å²) in [6, 6.07) is 0.854. The molecule has 4 rings (SSSR count). The van der Waals surface area contributed by atoms with Gasteiger partial charge in [0.15, 0.2) is 9.84 Å². The maximum Gasteiger partial charge on any atom is 0.433 e. The molecule has 0 atom stereocenters. The maximum absolute atomic E-state index is 13.1. The molecule has 3 aliphatic rings. The Bertz CT molecular complexity index is 1030. The number of hydrogen-bond acceptors (Lipinski definition) is 5. The first-order chi connectivity index (χ1) is 15.9. The minimum Gasteiger partial charge on any atom is -0.480 e. The van der Waals surface area contributed by atoms with Crippen molar-refractivity contribution in [2.45, 2.75) is 76.1 Å². The standard InChI is InChI=1S/C24H33F3N2O4S/c1-15-11-19(24(25,26)27)29-22(33-2)20(15)21(30)28-14-23(12-16-3-4-16)9-7-18(8-10-23)34(31,32)13-17-5-6-17/h11,16-18H,3-10,12-14H2,1-2H3,(H,28,30). The van der Waals surface area contributed by atoms with Gasteiger partial charge in [-0.3, -0.25) is 4.79 Å². The molecular weight excluding hydrogens is 469 g/mol. The molecule has 3 aliphatic carbocycles. The Labute approximate surface area is 199 Å². The molecule has 1 N–H and O–H groups in total. The molecule has 190 valence electrons. The third kappa shape index (κ3) is 5.86. The molecule has 1 aromatic heterocycles. The van der Waals surface area contributed by atoms with E-state index in [1.165, 1.54) is 14.0 Å². The van der Waals surface area contributed by atoms with Crippen molar-refractivity contribution >= 4 is 15.7 Å². The zero-order valence-electron chi connectivity index (χ0n) is 19.7. The van der Waals surface area contributed by atoms with Crippen LogP contribution in [0.5, 0.6) is 5.88 Å². The number of pyridine rings is 1. The normalized spacial score (nSPS) is 25.7. The van der Waals surface area contributed by atoms with Gasteiger partial charge in [0.1, 0.15) is 11.3 Å². The third-order valence-corrected chi connectivity index (χ3v) is 10.0. The van der Waals surface area contributed by atoms with Gasteiger partial charge in [-0.1, -0.05) is 12.8 Å². The molecule has 3 fully saturated rings. The van der Waals surface area contributed by atoms with Crippen LogP contribution in [0.1, 0.15) is 79.4 Å². The SMILES string of the molecule is COc1nc(C(F)(F)F)cc(C)c1C(=O)NCC1(CC2CC2)CCC(S(=O)(=O)CC2CC2)CC1. The molecule has 1 heterocycles. The van der Waals surface area contributed by atoms with Crippen LogP contribution in [-0.4, -0.2) is 44.0 Å². The van der Waals surface area contributed by atoms with Crippen molar-refractivity contribution < 1.29 is 31.1 Å². The van der Waals surface area contributed by atoms with E-state index in [9.17, 15) is 26.4 Å². The highest BCUT2D eigenvalue weighted by Crippen LogP contribution is 2.49. The Kier molecular flexibility index (Phi) is 6.92. The fourth-order valence-corrected chi connectivity index (χ4v) is 7.48. The minimum absolute atomic E-state index is 0.00207. The number of aromatic nitrogens is 1. The number of nitrogens with one attached hydrogen (secondary N) is 1. The summed E-state index contributed by atoms with van der Waals surface area (Å²) in [7, 11) is -1.90. The maximum atomic E-state index is 13.1. The van der Waals surface area contributed by atoms with Gasteiger partial charge in [0.25, 0.3) is 5.91 Å². The third-order valence-electron chi connectivity index (χ3n) is 7.60. The molecule has 0 saturated heterocycles. The van der Waals surface area contributed by atoms with Crippen LogP contribution in [0.2, 0.25) is 0 Å². The van der Waals surface area contributed by atoms with E-state index in [0.29, 0.717) is 37.0 Å². The summed E-state index contributed by atoms with van der Waals surface area (Å²) in [4.78, 5) is 16.5. The number of hydrogen-bond donors (Lipinski definition) is 1. The van der Waals surface area contributed by atoms with E-state index in [1.807, 2.05) is 0 Å². The fourth-order valence-electron chi connectivity index (χ4n) is 5.27. The zero-order chi connectivity index (χ0) is 24.7. The van der Waals surface area contributed by atoms with E-state index < -0.39 is 27.6 Å². The van der Waals surface area contributed by atoms with Crippen molar-refractivity contribution in [2.75, 3.05) is 19.4 Å². The molecule has 10 heteroatoms. The Morgan fingerprint density at radius 3 is 2.29 bits per heavy atom. The van der Waals surface area contributed by atoms with Gasteiger partial charge >= 0.3 is 6.18 Å². The van der Waals surface area contributed by atoms with Crippen LogP contribution in [0, 0.1) is 24.2 Å². The highest BCUT2D eigenvalue weighted by atomic mass is 32.2. The van der Waals surface area contributed by atoms with Gasteiger partial charge in [-0.05, 0) is 80.8 Å². The molecule has 6 nitrogen and oxygen atoms in total. The molecule has 34 heavy (non-hydrogen) atoms. The summed E-state index contributed by atoms with van der Waals surface area (Å²) in [6.07, 6.45) is 3.24. The van der Waals surface area contributed by atoms with Gasteiger partial charge in [-0.2, -0.15) is 13.2 Å². The molecule has 0 aromatic carbocycles. The summed E-state index contributed by atoms with van der Waals surface area (Å²) in [6.45, 7) is 1.80. The van der Waals surface area contributed by atoms with Gasteiger partial charge in [-0.25, -0.2) is 13.4 Å². The second kappa shape index (κ2) is 9.32. The van der Waals surface area contributed by atoms with Gasteiger partial charge in [-0.15, -0.1) is 0 Å². The second-order valence-corrected chi connectivity index (χ2v) is 12.8. The van der Waals surface area contributed by atoms with E-state index in [-0.39, 0.29) is 27.7 Å². The van der Waals surface area contributed by atoms with Crippen LogP contribution < -0.4 is 10.1 Å². The summed E-state index contributed by atoms with van der Waals surface area (Å²) in [5, 5.41) is 2.61. The quantitative estimate of drug-likeness (QED) is 0.529. The fraction of sp³-hybridized carbons (Fsp3) is 0.750. The summed E-state index contributed by atoms with van der Waals surface area (Å²) >= 11 is 0. The number of alkyl halides is 3. The number of amides is 1. The monoisotopic (exact) mass is 502 g/mol. The van der Waals surface area contributed by atoms with Crippen molar-refractivity contribution in [3.05, 3.63) is 22.9 Å². The molecule has 0 spiro atoms. The molecule has 0 aliphatic heterocycles. The Balaban J connectivity index is 1.45. The highest BCUT2D eigenvalue weighted by Gasteiger charge is 2.44. The first kappa shape index (κ1) is 25.3. The highest BCUT2D eigenvalue weighted by molar-refractivity contribution is 7.92. The Morgan fingerprint density at radius 1 is 1.15 bits per heavy atom. The van der Waals surface area contributed by atoms with Gasteiger partial charge in [0.05, 0.1) is 18.1 Å². The molecular formula is C24H33F3N2O4S. The number of ether oxygens (including phenoxy) is 1. The number of carbonyl (C=O) groups excluding carboxylic acids is 1. The van der Waals surface area contributed by atoms with Crippen LogP contribution in [0.25, 0.3) is 0 Å². The van der Waals surface area contributed by atoms with Crippen LogP contribution in [-0.2, 0) is 16.0 Å². The van der Waals surface area contributed by atoms with E-state index in [4.69, 9.17) is 4.74 Å². The number of halogens is 3. The Morgan fingerprint density at radius 2 is 1.76 bits per heavy atom. The molecule has 1 amide bonds. The number of rotatable bonds is 9. The van der Waals surface area contributed by atoms with Gasteiger partial charge in [0, 0.05) is 6.54 Å². The number of methoxy groups -OCH3 is 1. The van der Waals surface area contributed by atoms with Crippen LogP contribution in [0.15, 0.2) is 6.07 Å². The lowest BCUT2D eigenvalue weighted by Gasteiger charge is -2.40. The summed E-state index contributed by atoms with van der Waals surface area (Å²) in [5.41, 5.74) is -1.15. The van der Waals surface area contributed by atoms with Crippen molar-refractivity contribution in [1.29, 1.82) is 0 Å². The number of carbonyl (C=O) groups is 1. The molecule has 0 bridgehead atoms. The molecule has 0 radical (unpaired) electrons. The average Bonchev–Trinajstić information content (AvgIpc) is 3.69. The second-order valence-electron chi connectivity index (χ2n) is 10.5. The summed E-state index contributed by atoms with van der Waals surface area (Å²) in [5.74, 6) is 0.355. The number of nitrogens with zero attached hydrogens (tertiary/aromatic N) is 1. The lowest BCUT2D eigenvalue weighted by molar-refractivity contribution is -0.141. The number of sulfone groups is 1. The predicted octanol–water partition coefficient (Wildman–Crippen LogP) is 4.70. The first-order valence-electron chi connectivity index (χ1n) is 12.0. The van der Waals surface area contributed by atoms with E-state index in [1.54, 1.807) is 0 Å². The van der Waals surface area contributed by atoms with Crippen LogP contribution >= 0.6 is 0 Å². The van der Waals surface area contributed by atoms with E-state index in [0.717, 1.165) is 51.0 Å². The zero-order valence-corrected chi connectivity index (χ0v) is 20.5. The van der Waals surface area contributed by atoms with Crippen molar-refractivity contribution in [1.82, 2.24) is 10.3 Å². The molecule has 3 saturated carbocycles. The van der Waals surface area contributed by atoms with Crippen molar-refractivity contribution in [2.24, 2.45) is 17.3 Å². The largest absolute Gasteiger partial charge is 0.480 e. The smallest absolute Gasteiger partial charge is 0.433 e. The van der Waals surface area contributed by atoms with Crippen LogP contribution in [0.3, 0.4) is 0 Å². The van der Waals surface area contributed by atoms with E-state index >= 15 is 0 Å².